The van der Waals surface area contributed by atoms with Gasteiger partial charge in [0.05, 0.1) is 12.0 Å². The first kappa shape index (κ1) is 25.8. The number of amides is 2. The second kappa shape index (κ2) is 10.4. The summed E-state index contributed by atoms with van der Waals surface area (Å²) in [7, 11) is 1.47. The SMILES string of the molecule is CO[C@H]1S[C@@H]2[C@@H](NC(=O)Cc3ccc(C(F)(F)F)cc3)C(=O)N2C(C(=O)OCc2ccccc2)=C1C. The Labute approximate surface area is 209 Å². The van der Waals surface area contributed by atoms with Crippen LogP contribution in [0.1, 0.15) is 23.6 Å². The fourth-order valence-electron chi connectivity index (χ4n) is 4.01. The van der Waals surface area contributed by atoms with Gasteiger partial charge in [-0.1, -0.05) is 54.2 Å². The van der Waals surface area contributed by atoms with E-state index in [1.165, 1.54) is 35.9 Å². The van der Waals surface area contributed by atoms with Gasteiger partial charge in [0.15, 0.2) is 0 Å². The van der Waals surface area contributed by atoms with Crippen LogP contribution in [0, 0.1) is 0 Å². The number of thioether (sulfide) groups is 1. The molecule has 2 heterocycles. The van der Waals surface area contributed by atoms with Crippen molar-refractivity contribution in [2.45, 2.75) is 43.0 Å². The zero-order valence-electron chi connectivity index (χ0n) is 19.4. The van der Waals surface area contributed by atoms with Crippen LogP contribution in [0.25, 0.3) is 0 Å². The van der Waals surface area contributed by atoms with E-state index >= 15 is 0 Å². The van der Waals surface area contributed by atoms with Crippen molar-refractivity contribution >= 4 is 29.5 Å². The Balaban J connectivity index is 1.43. The highest BCUT2D eigenvalue weighted by molar-refractivity contribution is 8.00. The highest BCUT2D eigenvalue weighted by Crippen LogP contribution is 2.44. The van der Waals surface area contributed by atoms with E-state index in [0.717, 1.165) is 17.7 Å². The molecule has 1 N–H and O–H groups in total. The molecule has 0 aliphatic carbocycles. The summed E-state index contributed by atoms with van der Waals surface area (Å²) >= 11 is 1.27. The fourth-order valence-corrected chi connectivity index (χ4v) is 5.36. The molecule has 2 aliphatic rings. The Kier molecular flexibility index (Phi) is 7.41. The molecule has 0 unspecified atom stereocenters. The van der Waals surface area contributed by atoms with E-state index in [4.69, 9.17) is 9.47 Å². The molecule has 0 bridgehead atoms. The molecule has 3 atom stereocenters. The lowest BCUT2D eigenvalue weighted by Crippen LogP contribution is -2.71. The van der Waals surface area contributed by atoms with Crippen molar-refractivity contribution in [1.29, 1.82) is 0 Å². The molecule has 2 aliphatic heterocycles. The number of carbonyl (C=O) groups is 3. The molecule has 7 nitrogen and oxygen atoms in total. The van der Waals surface area contributed by atoms with Gasteiger partial charge in [0.1, 0.15) is 29.2 Å². The van der Waals surface area contributed by atoms with E-state index in [0.29, 0.717) is 11.1 Å². The minimum Gasteiger partial charge on any atom is -0.456 e. The maximum atomic E-state index is 13.0. The average molecular weight is 521 g/mol. The number of fused-ring (bicyclic) bond motifs is 1. The third-order valence-electron chi connectivity index (χ3n) is 5.86. The number of rotatable bonds is 7. The van der Waals surface area contributed by atoms with Gasteiger partial charge in [0.25, 0.3) is 5.91 Å². The van der Waals surface area contributed by atoms with Crippen molar-refractivity contribution < 1.29 is 37.0 Å². The van der Waals surface area contributed by atoms with Crippen molar-refractivity contribution in [3.05, 3.63) is 82.6 Å². The number of hydrogen-bond donors (Lipinski definition) is 1. The second-order valence-electron chi connectivity index (χ2n) is 8.31. The van der Waals surface area contributed by atoms with Crippen LogP contribution in [0.2, 0.25) is 0 Å². The summed E-state index contributed by atoms with van der Waals surface area (Å²) < 4.78 is 49.2. The van der Waals surface area contributed by atoms with Gasteiger partial charge in [-0.05, 0) is 35.8 Å². The number of β-lactam (4-membered cyclic amide) rings is 1. The number of hydrogen-bond acceptors (Lipinski definition) is 6. The van der Waals surface area contributed by atoms with E-state index in [9.17, 15) is 27.6 Å². The van der Waals surface area contributed by atoms with Crippen LogP contribution in [-0.2, 0) is 43.1 Å². The van der Waals surface area contributed by atoms with E-state index in [-0.39, 0.29) is 18.7 Å². The van der Waals surface area contributed by atoms with Crippen molar-refractivity contribution in [2.75, 3.05) is 7.11 Å². The second-order valence-corrected chi connectivity index (χ2v) is 9.50. The molecule has 1 saturated heterocycles. The van der Waals surface area contributed by atoms with E-state index in [1.807, 2.05) is 30.3 Å². The van der Waals surface area contributed by atoms with Gasteiger partial charge in [0.2, 0.25) is 5.91 Å². The summed E-state index contributed by atoms with van der Waals surface area (Å²) in [5.74, 6) is -1.68. The number of nitrogens with one attached hydrogen (secondary N) is 1. The number of benzene rings is 2. The first-order chi connectivity index (χ1) is 17.1. The van der Waals surface area contributed by atoms with Gasteiger partial charge >= 0.3 is 12.1 Å². The topological polar surface area (TPSA) is 84.9 Å². The highest BCUT2D eigenvalue weighted by Gasteiger charge is 2.56. The molecule has 0 aromatic heterocycles. The van der Waals surface area contributed by atoms with Crippen LogP contribution in [0.5, 0.6) is 0 Å². The fraction of sp³-hybridized carbons (Fsp3) is 0.320. The van der Waals surface area contributed by atoms with Gasteiger partial charge in [0, 0.05) is 7.11 Å². The summed E-state index contributed by atoms with van der Waals surface area (Å²) in [5, 5.41) is 2.04. The number of halogens is 3. The van der Waals surface area contributed by atoms with Crippen LogP contribution in [0.15, 0.2) is 65.9 Å². The number of esters is 1. The molecule has 2 amide bonds. The Morgan fingerprint density at radius 1 is 1.06 bits per heavy atom. The van der Waals surface area contributed by atoms with Crippen LogP contribution >= 0.6 is 11.8 Å². The Bertz CT molecular complexity index is 1180. The molecule has 2 aromatic rings. The Morgan fingerprint density at radius 3 is 2.33 bits per heavy atom. The Hall–Kier alpha value is -3.31. The van der Waals surface area contributed by atoms with Crippen molar-refractivity contribution in [2.24, 2.45) is 0 Å². The molecule has 36 heavy (non-hydrogen) atoms. The number of nitrogens with zero attached hydrogens (tertiary/aromatic N) is 1. The molecule has 0 radical (unpaired) electrons. The molecular weight excluding hydrogens is 497 g/mol. The summed E-state index contributed by atoms with van der Waals surface area (Å²) in [6.45, 7) is 1.71. The molecule has 4 rings (SSSR count). The first-order valence-corrected chi connectivity index (χ1v) is 11.9. The summed E-state index contributed by atoms with van der Waals surface area (Å²) in [6, 6.07) is 12.4. The first-order valence-electron chi connectivity index (χ1n) is 11.0. The third-order valence-corrected chi connectivity index (χ3v) is 7.41. The van der Waals surface area contributed by atoms with Crippen LogP contribution in [-0.4, -0.2) is 46.6 Å². The maximum absolute atomic E-state index is 13.0. The lowest BCUT2D eigenvalue weighted by atomic mass is 10.0. The lowest BCUT2D eigenvalue weighted by molar-refractivity contribution is -0.153. The lowest BCUT2D eigenvalue weighted by Gasteiger charge is -2.51. The number of methoxy groups -OCH3 is 1. The minimum absolute atomic E-state index is 0.0290. The van der Waals surface area contributed by atoms with Crippen LogP contribution in [0.3, 0.4) is 0 Å². The quantitative estimate of drug-likeness (QED) is 0.443. The molecule has 2 aromatic carbocycles. The largest absolute Gasteiger partial charge is 0.456 e. The van der Waals surface area contributed by atoms with Crippen molar-refractivity contribution in [3.63, 3.8) is 0 Å². The third kappa shape index (κ3) is 5.26. The predicted molar refractivity (Wildman–Crippen MR) is 125 cm³/mol. The molecule has 0 spiro atoms. The summed E-state index contributed by atoms with van der Waals surface area (Å²) in [4.78, 5) is 39.8. The highest BCUT2D eigenvalue weighted by atomic mass is 32.2. The smallest absolute Gasteiger partial charge is 0.416 e. The monoisotopic (exact) mass is 520 g/mol. The van der Waals surface area contributed by atoms with Crippen LogP contribution < -0.4 is 5.32 Å². The molecule has 0 saturated carbocycles. The van der Waals surface area contributed by atoms with Crippen molar-refractivity contribution in [1.82, 2.24) is 10.2 Å². The average Bonchev–Trinajstić information content (AvgIpc) is 2.86. The van der Waals surface area contributed by atoms with Gasteiger partial charge in [-0.15, -0.1) is 0 Å². The summed E-state index contributed by atoms with van der Waals surface area (Å²) in [5.41, 5.74) is 0.426. The number of ether oxygens (including phenoxy) is 2. The maximum Gasteiger partial charge on any atom is 0.416 e. The van der Waals surface area contributed by atoms with Crippen molar-refractivity contribution in [3.8, 4) is 0 Å². The minimum atomic E-state index is -4.47. The van der Waals surface area contributed by atoms with Gasteiger partial charge in [-0.3, -0.25) is 14.5 Å². The van der Waals surface area contributed by atoms with Gasteiger partial charge < -0.3 is 14.8 Å². The standard InChI is InChI=1S/C25H23F3N2O5S/c1-14-20(23(33)35-13-16-6-4-3-5-7-16)30-21(32)19(22(30)36-24(14)34-2)29-18(31)12-15-8-10-17(11-9-15)25(26,27)28/h3-11,19,22,24H,12-13H2,1-2H3,(H,29,31)/t19-,22+,24-/m0/s1. The molecule has 1 fully saturated rings. The predicted octanol–water partition coefficient (Wildman–Crippen LogP) is 3.64. The molecule has 190 valence electrons. The van der Waals surface area contributed by atoms with Gasteiger partial charge in [-0.25, -0.2) is 4.79 Å². The zero-order chi connectivity index (χ0) is 26.0. The molecular formula is C25H23F3N2O5S. The van der Waals surface area contributed by atoms with E-state index in [1.54, 1.807) is 6.92 Å². The van der Waals surface area contributed by atoms with E-state index < -0.39 is 46.4 Å². The number of alkyl halides is 3. The molecule has 11 heteroatoms. The number of carbonyl (C=O) groups excluding carboxylic acids is 3. The van der Waals surface area contributed by atoms with Gasteiger partial charge in [-0.2, -0.15) is 13.2 Å². The zero-order valence-corrected chi connectivity index (χ0v) is 20.2. The Morgan fingerprint density at radius 2 is 1.72 bits per heavy atom. The van der Waals surface area contributed by atoms with Crippen LogP contribution in [0.4, 0.5) is 13.2 Å². The normalized spacial score (nSPS) is 21.5. The van der Waals surface area contributed by atoms with E-state index in [2.05, 4.69) is 5.32 Å². The summed E-state index contributed by atoms with van der Waals surface area (Å²) in [6.07, 6.45) is -4.67.